The molecule has 1 N–H and O–H groups in total. The molecule has 3 heterocycles. The first-order valence-electron chi connectivity index (χ1n) is 14.3. The van der Waals surface area contributed by atoms with E-state index in [2.05, 4.69) is 46.0 Å². The molecular weight excluding hydrogens is 488 g/mol. The van der Waals surface area contributed by atoms with Gasteiger partial charge in [0, 0.05) is 55.9 Å². The van der Waals surface area contributed by atoms with E-state index in [-0.39, 0.29) is 23.0 Å². The zero-order valence-corrected chi connectivity index (χ0v) is 23.0. The highest BCUT2D eigenvalue weighted by atomic mass is 16.2. The third kappa shape index (κ3) is 5.22. The smallest absolute Gasteiger partial charge is 0.252 e. The molecule has 0 unspecified atom stereocenters. The predicted octanol–water partition coefficient (Wildman–Crippen LogP) is 4.65. The summed E-state index contributed by atoms with van der Waals surface area (Å²) in [6, 6.07) is 12.9. The Morgan fingerprint density at radius 1 is 1.10 bits per heavy atom. The van der Waals surface area contributed by atoms with E-state index >= 15 is 0 Å². The van der Waals surface area contributed by atoms with Crippen LogP contribution in [0.1, 0.15) is 69.2 Å². The molecule has 2 saturated carbocycles. The fourth-order valence-electron chi connectivity index (χ4n) is 6.00. The molecular formula is C31H38N6O2. The number of piperazine rings is 1. The van der Waals surface area contributed by atoms with Gasteiger partial charge >= 0.3 is 0 Å². The summed E-state index contributed by atoms with van der Waals surface area (Å²) in [7, 11) is 0. The van der Waals surface area contributed by atoms with Crippen molar-refractivity contribution in [2.45, 2.75) is 63.6 Å². The predicted molar refractivity (Wildman–Crippen MR) is 154 cm³/mol. The van der Waals surface area contributed by atoms with Gasteiger partial charge in [-0.2, -0.15) is 4.98 Å². The minimum absolute atomic E-state index is 0.0143. The average molecular weight is 527 g/mol. The molecule has 8 heteroatoms. The van der Waals surface area contributed by atoms with Gasteiger partial charge in [0.1, 0.15) is 5.65 Å². The molecule has 3 aliphatic rings. The van der Waals surface area contributed by atoms with Gasteiger partial charge < -0.3 is 10.2 Å². The summed E-state index contributed by atoms with van der Waals surface area (Å²) < 4.78 is 1.73. The second-order valence-electron chi connectivity index (χ2n) is 11.7. The van der Waals surface area contributed by atoms with E-state index in [1.165, 1.54) is 36.5 Å². The highest BCUT2D eigenvalue weighted by Gasteiger charge is 2.45. The van der Waals surface area contributed by atoms with Crippen molar-refractivity contribution in [3.63, 3.8) is 0 Å². The number of rotatable bonds is 9. The Morgan fingerprint density at radius 3 is 2.44 bits per heavy atom. The molecule has 3 fully saturated rings. The number of fused-ring (bicyclic) bond motifs is 1. The number of nitrogens with one attached hydrogen (secondary N) is 1. The van der Waals surface area contributed by atoms with Crippen LogP contribution in [-0.2, 0) is 10.3 Å². The number of hydrogen-bond acceptors (Lipinski definition) is 6. The first kappa shape index (κ1) is 25.7. The number of anilines is 1. The van der Waals surface area contributed by atoms with Crippen molar-refractivity contribution in [3.8, 4) is 0 Å². The second-order valence-corrected chi connectivity index (χ2v) is 11.7. The number of pyridine rings is 1. The second kappa shape index (κ2) is 10.2. The maximum Gasteiger partial charge on any atom is 0.252 e. The van der Waals surface area contributed by atoms with Gasteiger partial charge in [-0.3, -0.25) is 19.1 Å². The zero-order valence-electron chi connectivity index (χ0n) is 23.0. The summed E-state index contributed by atoms with van der Waals surface area (Å²) in [5.74, 6) is 1.40. The number of aromatic nitrogens is 3. The van der Waals surface area contributed by atoms with E-state index in [0.717, 1.165) is 50.3 Å². The average Bonchev–Trinajstić information content (AvgIpc) is 3.89. The molecule has 2 aromatic heterocycles. The lowest BCUT2D eigenvalue weighted by Gasteiger charge is -2.39. The molecule has 1 amide bonds. The number of amides is 1. The van der Waals surface area contributed by atoms with Crippen molar-refractivity contribution in [2.24, 2.45) is 5.92 Å². The molecule has 3 aromatic rings. The molecule has 1 atom stereocenters. The molecule has 2 aliphatic carbocycles. The Balaban J connectivity index is 1.20. The first-order valence-corrected chi connectivity index (χ1v) is 14.3. The van der Waals surface area contributed by atoms with Gasteiger partial charge in [-0.25, -0.2) is 4.98 Å². The molecule has 204 valence electrons. The fraction of sp³-hybridized carbons (Fsp3) is 0.484. The minimum Gasteiger partial charge on any atom is -0.345 e. The lowest BCUT2D eigenvalue weighted by Crippen LogP contribution is -2.49. The van der Waals surface area contributed by atoms with Gasteiger partial charge in [0.05, 0.1) is 5.54 Å². The SMILES string of the molecule is C=CC(=O)N1CCN([C@H](CC2CC2)c2ccc(C3(Nc4ncc5ccc(=O)n(C(C)C)c5n4)CC3)cc2)CC1. The number of carbonyl (C=O) groups is 1. The standard InChI is InChI=1S/C31H38N6O2/c1-4-27(38)36-17-15-35(16-18-36)26(19-22-5-6-22)23-7-10-25(11-8-23)31(13-14-31)34-30-32-20-24-9-12-28(39)37(21(2)3)29(24)33-30/h4,7-12,20-22,26H,1,5-6,13-19H2,2-3H3,(H,32,33,34)/t26-/m1/s1. The summed E-state index contributed by atoms with van der Waals surface area (Å²) in [4.78, 5) is 38.4. The minimum atomic E-state index is -0.174. The molecule has 8 nitrogen and oxygen atoms in total. The van der Waals surface area contributed by atoms with Crippen LogP contribution < -0.4 is 10.9 Å². The molecule has 39 heavy (non-hydrogen) atoms. The number of benzene rings is 1. The third-order valence-corrected chi connectivity index (χ3v) is 8.63. The Kier molecular flexibility index (Phi) is 6.75. The lowest BCUT2D eigenvalue weighted by atomic mass is 9.95. The van der Waals surface area contributed by atoms with Crippen LogP contribution in [0.5, 0.6) is 0 Å². The normalized spacial score (nSPS) is 19.7. The summed E-state index contributed by atoms with van der Waals surface area (Å²) in [6.07, 6.45) is 9.09. The molecule has 0 bridgehead atoms. The van der Waals surface area contributed by atoms with Crippen molar-refractivity contribution >= 4 is 22.9 Å². The van der Waals surface area contributed by atoms with Crippen LogP contribution >= 0.6 is 0 Å². The van der Waals surface area contributed by atoms with Gasteiger partial charge in [0.2, 0.25) is 11.9 Å². The number of nitrogens with zero attached hydrogens (tertiary/aromatic N) is 5. The third-order valence-electron chi connectivity index (χ3n) is 8.63. The Bertz CT molecular complexity index is 1430. The number of carbonyl (C=O) groups excluding carboxylic acids is 1. The summed E-state index contributed by atoms with van der Waals surface area (Å²) >= 11 is 0. The quantitative estimate of drug-likeness (QED) is 0.409. The van der Waals surface area contributed by atoms with Crippen LogP contribution in [0.3, 0.4) is 0 Å². The Hall–Kier alpha value is -3.52. The molecule has 0 radical (unpaired) electrons. The van der Waals surface area contributed by atoms with Crippen molar-refractivity contribution in [1.82, 2.24) is 24.3 Å². The van der Waals surface area contributed by atoms with Crippen LogP contribution in [0.15, 0.2) is 60.0 Å². The van der Waals surface area contributed by atoms with Crippen molar-refractivity contribution in [1.29, 1.82) is 0 Å². The highest BCUT2D eigenvalue weighted by Crippen LogP contribution is 2.48. The monoisotopic (exact) mass is 526 g/mol. The van der Waals surface area contributed by atoms with Crippen LogP contribution in [0.4, 0.5) is 5.95 Å². The van der Waals surface area contributed by atoms with Crippen molar-refractivity contribution in [3.05, 3.63) is 76.7 Å². The fourth-order valence-corrected chi connectivity index (χ4v) is 6.00. The Morgan fingerprint density at radius 2 is 1.82 bits per heavy atom. The molecule has 1 saturated heterocycles. The number of hydrogen-bond donors (Lipinski definition) is 1. The molecule has 1 aromatic carbocycles. The van der Waals surface area contributed by atoms with Crippen molar-refractivity contribution < 1.29 is 4.79 Å². The van der Waals surface area contributed by atoms with E-state index in [4.69, 9.17) is 4.98 Å². The zero-order chi connectivity index (χ0) is 27.1. The largest absolute Gasteiger partial charge is 0.345 e. The van der Waals surface area contributed by atoms with Crippen LogP contribution in [0, 0.1) is 5.92 Å². The van der Waals surface area contributed by atoms with Crippen molar-refractivity contribution in [2.75, 3.05) is 31.5 Å². The maximum absolute atomic E-state index is 12.5. The maximum atomic E-state index is 12.5. The molecule has 6 rings (SSSR count). The topological polar surface area (TPSA) is 83.4 Å². The van der Waals surface area contributed by atoms with Gasteiger partial charge in [-0.1, -0.05) is 43.7 Å². The van der Waals surface area contributed by atoms with Gasteiger partial charge in [0.25, 0.3) is 5.56 Å². The van der Waals surface area contributed by atoms with Gasteiger partial charge in [0.15, 0.2) is 0 Å². The first-order chi connectivity index (χ1) is 18.9. The van der Waals surface area contributed by atoms with Crippen LogP contribution in [0.25, 0.3) is 11.0 Å². The van der Waals surface area contributed by atoms with Gasteiger partial charge in [-0.15, -0.1) is 0 Å². The van der Waals surface area contributed by atoms with Crippen LogP contribution in [-0.4, -0.2) is 56.4 Å². The van der Waals surface area contributed by atoms with E-state index in [0.29, 0.717) is 17.6 Å². The van der Waals surface area contributed by atoms with E-state index in [9.17, 15) is 9.59 Å². The van der Waals surface area contributed by atoms with E-state index < -0.39 is 0 Å². The molecule has 0 spiro atoms. The Labute approximate surface area is 229 Å². The highest BCUT2D eigenvalue weighted by molar-refractivity contribution is 5.87. The summed E-state index contributed by atoms with van der Waals surface area (Å²) in [5.41, 5.74) is 3.04. The molecule has 1 aliphatic heterocycles. The summed E-state index contributed by atoms with van der Waals surface area (Å²) in [6.45, 7) is 10.9. The summed E-state index contributed by atoms with van der Waals surface area (Å²) in [5, 5.41) is 4.47. The lowest BCUT2D eigenvalue weighted by molar-refractivity contribution is -0.128. The van der Waals surface area contributed by atoms with E-state index in [1.54, 1.807) is 22.9 Å². The van der Waals surface area contributed by atoms with Crippen LogP contribution in [0.2, 0.25) is 0 Å². The van der Waals surface area contributed by atoms with E-state index in [1.807, 2.05) is 18.7 Å². The van der Waals surface area contributed by atoms with Gasteiger partial charge in [-0.05, 0) is 62.3 Å².